The van der Waals surface area contributed by atoms with Crippen LogP contribution < -0.4 is 5.73 Å². The van der Waals surface area contributed by atoms with Gasteiger partial charge in [-0.3, -0.25) is 9.59 Å². The van der Waals surface area contributed by atoms with Crippen molar-refractivity contribution in [3.63, 3.8) is 0 Å². The number of ketones is 2. The molecular formula is C20H21NO2. The van der Waals surface area contributed by atoms with Gasteiger partial charge in [-0.15, -0.1) is 0 Å². The first-order valence-electron chi connectivity index (χ1n) is 8.24. The van der Waals surface area contributed by atoms with E-state index in [1.807, 2.05) is 18.2 Å². The summed E-state index contributed by atoms with van der Waals surface area (Å²) in [6.45, 7) is 0.727. The van der Waals surface area contributed by atoms with Crippen LogP contribution in [0.15, 0.2) is 42.5 Å². The van der Waals surface area contributed by atoms with Crippen LogP contribution in [-0.2, 0) is 6.42 Å². The van der Waals surface area contributed by atoms with E-state index in [0.29, 0.717) is 22.3 Å². The molecule has 3 nitrogen and oxygen atoms in total. The van der Waals surface area contributed by atoms with Gasteiger partial charge in [-0.1, -0.05) is 55.3 Å². The first kappa shape index (κ1) is 15.6. The van der Waals surface area contributed by atoms with Crippen molar-refractivity contribution in [2.75, 3.05) is 6.54 Å². The molecule has 0 heterocycles. The number of rotatable bonds is 6. The van der Waals surface area contributed by atoms with E-state index in [9.17, 15) is 9.59 Å². The molecule has 3 heteroatoms. The van der Waals surface area contributed by atoms with Crippen LogP contribution in [0.1, 0.15) is 63.1 Å². The third-order valence-corrected chi connectivity index (χ3v) is 4.44. The zero-order valence-electron chi connectivity index (χ0n) is 13.2. The molecule has 23 heavy (non-hydrogen) atoms. The summed E-state index contributed by atoms with van der Waals surface area (Å²) in [6, 6.07) is 12.7. The van der Waals surface area contributed by atoms with Crippen LogP contribution in [0, 0.1) is 0 Å². The zero-order chi connectivity index (χ0) is 16.2. The highest BCUT2D eigenvalue weighted by atomic mass is 16.1. The van der Waals surface area contributed by atoms with Gasteiger partial charge in [0.05, 0.1) is 0 Å². The first-order valence-corrected chi connectivity index (χ1v) is 8.24. The summed E-state index contributed by atoms with van der Waals surface area (Å²) in [4.78, 5) is 25.5. The van der Waals surface area contributed by atoms with Crippen molar-refractivity contribution in [2.45, 2.75) is 32.1 Å². The molecule has 2 aromatic carbocycles. The minimum Gasteiger partial charge on any atom is -0.330 e. The lowest BCUT2D eigenvalue weighted by Crippen LogP contribution is -2.22. The fourth-order valence-electron chi connectivity index (χ4n) is 3.24. The lowest BCUT2D eigenvalue weighted by Gasteiger charge is -2.20. The van der Waals surface area contributed by atoms with Crippen LogP contribution in [0.4, 0.5) is 0 Å². The molecular weight excluding hydrogens is 286 g/mol. The Labute approximate surface area is 136 Å². The summed E-state index contributed by atoms with van der Waals surface area (Å²) in [5.74, 6) is -0.0621. The Kier molecular flexibility index (Phi) is 4.68. The van der Waals surface area contributed by atoms with Gasteiger partial charge >= 0.3 is 0 Å². The average molecular weight is 307 g/mol. The van der Waals surface area contributed by atoms with Gasteiger partial charge in [0.15, 0.2) is 11.6 Å². The van der Waals surface area contributed by atoms with E-state index in [1.165, 1.54) is 0 Å². The van der Waals surface area contributed by atoms with E-state index in [4.69, 9.17) is 5.73 Å². The normalized spacial score (nSPS) is 12.9. The highest BCUT2D eigenvalue weighted by molar-refractivity contribution is 6.28. The maximum Gasteiger partial charge on any atom is 0.194 e. The molecule has 1 aliphatic rings. The average Bonchev–Trinajstić information content (AvgIpc) is 2.59. The van der Waals surface area contributed by atoms with Crippen molar-refractivity contribution in [3.05, 3.63) is 70.3 Å². The number of fused-ring (bicyclic) bond motifs is 2. The predicted molar refractivity (Wildman–Crippen MR) is 91.0 cm³/mol. The Morgan fingerprint density at radius 1 is 0.696 bits per heavy atom. The molecule has 0 aliphatic heterocycles. The molecule has 0 unspecified atom stereocenters. The van der Waals surface area contributed by atoms with Crippen LogP contribution in [-0.4, -0.2) is 18.1 Å². The Morgan fingerprint density at radius 2 is 1.35 bits per heavy atom. The van der Waals surface area contributed by atoms with Gasteiger partial charge in [-0.2, -0.15) is 0 Å². The van der Waals surface area contributed by atoms with Crippen molar-refractivity contribution < 1.29 is 9.59 Å². The van der Waals surface area contributed by atoms with E-state index in [1.54, 1.807) is 24.3 Å². The summed E-state index contributed by atoms with van der Waals surface area (Å²) in [6.07, 6.45) is 5.09. The molecule has 1 aliphatic carbocycles. The second-order valence-corrected chi connectivity index (χ2v) is 6.00. The fourth-order valence-corrected chi connectivity index (χ4v) is 3.24. The topological polar surface area (TPSA) is 60.2 Å². The van der Waals surface area contributed by atoms with Gasteiger partial charge in [0.1, 0.15) is 0 Å². The van der Waals surface area contributed by atoms with E-state index in [-0.39, 0.29) is 11.6 Å². The Bertz CT molecular complexity index is 749. The summed E-state index contributed by atoms with van der Waals surface area (Å²) >= 11 is 0. The molecule has 0 atom stereocenters. The largest absolute Gasteiger partial charge is 0.330 e. The lowest BCUT2D eigenvalue weighted by atomic mass is 9.81. The third kappa shape index (κ3) is 2.97. The summed E-state index contributed by atoms with van der Waals surface area (Å²) in [5, 5.41) is 0. The number of unbranched alkanes of at least 4 members (excludes halogenated alkanes) is 3. The quantitative estimate of drug-likeness (QED) is 0.709. The molecule has 0 amide bonds. The van der Waals surface area contributed by atoms with Gasteiger partial charge in [0.25, 0.3) is 0 Å². The number of hydrogen-bond acceptors (Lipinski definition) is 3. The lowest BCUT2D eigenvalue weighted by molar-refractivity contribution is 0.0978. The molecule has 0 radical (unpaired) electrons. The summed E-state index contributed by atoms with van der Waals surface area (Å²) < 4.78 is 0. The minimum atomic E-state index is -0.0415. The third-order valence-electron chi connectivity index (χ3n) is 4.44. The molecule has 0 saturated carbocycles. The molecule has 0 saturated heterocycles. The molecule has 2 N–H and O–H groups in total. The van der Waals surface area contributed by atoms with Gasteiger partial charge in [-0.05, 0) is 31.4 Å². The SMILES string of the molecule is NCCCCCCc1cccc2c1C(=O)c1ccccc1C2=O. The molecule has 118 valence electrons. The predicted octanol–water partition coefficient (Wildman–Crippen LogP) is 3.52. The maximum absolute atomic E-state index is 12.8. The summed E-state index contributed by atoms with van der Waals surface area (Å²) in [7, 11) is 0. The number of aryl methyl sites for hydroxylation is 1. The number of hydrogen-bond donors (Lipinski definition) is 1. The van der Waals surface area contributed by atoms with Crippen LogP contribution in [0.5, 0.6) is 0 Å². The Balaban J connectivity index is 1.88. The molecule has 0 bridgehead atoms. The number of carbonyl (C=O) groups excluding carboxylic acids is 2. The van der Waals surface area contributed by atoms with Crippen molar-refractivity contribution in [2.24, 2.45) is 5.73 Å². The molecule has 0 spiro atoms. The van der Waals surface area contributed by atoms with Gasteiger partial charge < -0.3 is 5.73 Å². The number of nitrogens with two attached hydrogens (primary N) is 1. The molecule has 3 rings (SSSR count). The fraction of sp³-hybridized carbons (Fsp3) is 0.300. The van der Waals surface area contributed by atoms with Gasteiger partial charge in [0.2, 0.25) is 0 Å². The van der Waals surface area contributed by atoms with Crippen molar-refractivity contribution >= 4 is 11.6 Å². The van der Waals surface area contributed by atoms with Crippen molar-refractivity contribution in [3.8, 4) is 0 Å². The van der Waals surface area contributed by atoms with Crippen molar-refractivity contribution in [1.29, 1.82) is 0 Å². The van der Waals surface area contributed by atoms with Crippen molar-refractivity contribution in [1.82, 2.24) is 0 Å². The maximum atomic E-state index is 12.8. The Hall–Kier alpha value is -2.26. The second-order valence-electron chi connectivity index (χ2n) is 6.00. The van der Waals surface area contributed by atoms with Crippen LogP contribution >= 0.6 is 0 Å². The molecule has 2 aromatic rings. The summed E-state index contributed by atoms with van der Waals surface area (Å²) in [5.41, 5.74) is 8.70. The van der Waals surface area contributed by atoms with Crippen LogP contribution in [0.3, 0.4) is 0 Å². The number of benzene rings is 2. The van der Waals surface area contributed by atoms with E-state index in [2.05, 4.69) is 0 Å². The van der Waals surface area contributed by atoms with E-state index >= 15 is 0 Å². The zero-order valence-corrected chi connectivity index (χ0v) is 13.2. The molecule has 0 fully saturated rings. The van der Waals surface area contributed by atoms with Crippen LogP contribution in [0.2, 0.25) is 0 Å². The number of carbonyl (C=O) groups is 2. The standard InChI is InChI=1S/C20H21NO2/c21-13-6-2-1-3-8-14-9-7-12-17-18(14)20(23)16-11-5-4-10-15(16)19(17)22/h4-5,7,9-12H,1-3,6,8,13,21H2. The minimum absolute atomic E-state index is 0.0206. The van der Waals surface area contributed by atoms with E-state index in [0.717, 1.165) is 44.2 Å². The highest BCUT2D eigenvalue weighted by Crippen LogP contribution is 2.30. The monoisotopic (exact) mass is 307 g/mol. The first-order chi connectivity index (χ1) is 11.2. The van der Waals surface area contributed by atoms with Gasteiger partial charge in [0, 0.05) is 22.3 Å². The molecule has 0 aromatic heterocycles. The van der Waals surface area contributed by atoms with Crippen LogP contribution in [0.25, 0.3) is 0 Å². The second kappa shape index (κ2) is 6.88. The van der Waals surface area contributed by atoms with Gasteiger partial charge in [-0.25, -0.2) is 0 Å². The smallest absolute Gasteiger partial charge is 0.194 e. The Morgan fingerprint density at radius 3 is 2.09 bits per heavy atom. The van der Waals surface area contributed by atoms with E-state index < -0.39 is 0 Å². The highest BCUT2D eigenvalue weighted by Gasteiger charge is 2.30.